The Morgan fingerprint density at radius 1 is 1.67 bits per heavy atom. The number of hydrogen-bond donors (Lipinski definition) is 0. The molecule has 4 nitrogen and oxygen atoms in total. The number of nitro groups is 1. The fourth-order valence-electron chi connectivity index (χ4n) is 1.59. The predicted molar refractivity (Wildman–Crippen MR) is 60.0 cm³/mol. The van der Waals surface area contributed by atoms with Crippen molar-refractivity contribution in [1.82, 2.24) is 4.98 Å². The van der Waals surface area contributed by atoms with Crippen molar-refractivity contribution >= 4 is 21.6 Å². The van der Waals surface area contributed by atoms with Crippen LogP contribution in [0.5, 0.6) is 0 Å². The minimum absolute atomic E-state index is 0.127. The van der Waals surface area contributed by atoms with Crippen molar-refractivity contribution in [2.75, 3.05) is 0 Å². The molecule has 0 amide bonds. The zero-order valence-corrected chi connectivity index (χ0v) is 9.68. The van der Waals surface area contributed by atoms with E-state index in [-0.39, 0.29) is 10.6 Å². The van der Waals surface area contributed by atoms with Crippen molar-refractivity contribution in [3.8, 4) is 0 Å². The van der Waals surface area contributed by atoms with Crippen molar-refractivity contribution < 1.29 is 4.92 Å². The number of nitrogens with zero attached hydrogens (tertiary/aromatic N) is 2. The highest BCUT2D eigenvalue weighted by Gasteiger charge is 2.30. The predicted octanol–water partition coefficient (Wildman–Crippen LogP) is 2.71. The number of aromatic nitrogens is 1. The van der Waals surface area contributed by atoms with Gasteiger partial charge >= 0.3 is 0 Å². The summed E-state index contributed by atoms with van der Waals surface area (Å²) in [6.07, 6.45) is 6.10. The molecular formula is C10H11BrN2O2. The molecule has 1 aromatic heterocycles. The lowest BCUT2D eigenvalue weighted by Gasteiger charge is -2.07. The summed E-state index contributed by atoms with van der Waals surface area (Å²) in [4.78, 5) is 14.5. The zero-order chi connectivity index (χ0) is 10.8. The van der Waals surface area contributed by atoms with E-state index in [4.69, 9.17) is 0 Å². The molecule has 1 aliphatic rings. The van der Waals surface area contributed by atoms with Crippen LogP contribution in [0.2, 0.25) is 0 Å². The van der Waals surface area contributed by atoms with E-state index in [2.05, 4.69) is 20.9 Å². The number of halogens is 1. The van der Waals surface area contributed by atoms with Crippen LogP contribution in [0.4, 0.5) is 5.69 Å². The third-order valence-electron chi connectivity index (χ3n) is 2.63. The Labute approximate surface area is 96.0 Å². The highest BCUT2D eigenvalue weighted by atomic mass is 79.9. The van der Waals surface area contributed by atoms with Gasteiger partial charge in [-0.15, -0.1) is 0 Å². The lowest BCUT2D eigenvalue weighted by Crippen LogP contribution is -2.07. The molecule has 5 heteroatoms. The van der Waals surface area contributed by atoms with Gasteiger partial charge in [-0.05, 0) is 31.2 Å². The monoisotopic (exact) mass is 270 g/mol. The van der Waals surface area contributed by atoms with Gasteiger partial charge in [0.05, 0.1) is 4.92 Å². The minimum atomic E-state index is -0.366. The smallest absolute Gasteiger partial charge is 0.258 e. The van der Waals surface area contributed by atoms with Crippen molar-refractivity contribution in [3.63, 3.8) is 0 Å². The van der Waals surface area contributed by atoms with Crippen molar-refractivity contribution in [2.45, 2.75) is 24.1 Å². The van der Waals surface area contributed by atoms with E-state index in [1.807, 2.05) is 0 Å². The van der Waals surface area contributed by atoms with E-state index < -0.39 is 0 Å². The van der Waals surface area contributed by atoms with Gasteiger partial charge in [0, 0.05) is 16.6 Å². The maximum atomic E-state index is 10.7. The summed E-state index contributed by atoms with van der Waals surface area (Å²) in [5.74, 6) is 0.692. The zero-order valence-electron chi connectivity index (χ0n) is 8.10. The molecule has 80 valence electrons. The maximum absolute atomic E-state index is 10.7. The molecular weight excluding hydrogens is 260 g/mol. The summed E-state index contributed by atoms with van der Waals surface area (Å²) in [6, 6.07) is 1.73. The second-order valence-corrected chi connectivity index (χ2v) is 5.00. The van der Waals surface area contributed by atoms with Crippen LogP contribution >= 0.6 is 15.9 Å². The van der Waals surface area contributed by atoms with E-state index in [1.165, 1.54) is 19.0 Å². The molecule has 0 spiro atoms. The molecule has 1 atom stereocenters. The van der Waals surface area contributed by atoms with E-state index in [0.717, 1.165) is 5.56 Å². The molecule has 0 aliphatic heterocycles. The Morgan fingerprint density at radius 3 is 3.00 bits per heavy atom. The standard InChI is InChI=1S/C10H11BrN2O2/c11-9(7-1-2-7)5-8-3-4-12-6-10(8)13(14)15/h3-4,6-7,9H,1-2,5H2. The molecule has 1 saturated carbocycles. The largest absolute Gasteiger partial charge is 0.290 e. The van der Waals surface area contributed by atoms with Gasteiger partial charge < -0.3 is 0 Å². The molecule has 0 N–H and O–H groups in total. The van der Waals surface area contributed by atoms with Crippen LogP contribution in [0, 0.1) is 16.0 Å². The molecule has 2 rings (SSSR count). The Kier molecular flexibility index (Phi) is 3.00. The lowest BCUT2D eigenvalue weighted by atomic mass is 10.1. The van der Waals surface area contributed by atoms with Crippen LogP contribution in [-0.4, -0.2) is 14.7 Å². The fourth-order valence-corrected chi connectivity index (χ4v) is 2.46. The summed E-state index contributed by atoms with van der Waals surface area (Å²) in [5.41, 5.74) is 0.895. The van der Waals surface area contributed by atoms with Gasteiger partial charge in [-0.3, -0.25) is 15.1 Å². The first-order valence-corrected chi connectivity index (χ1v) is 5.81. The SMILES string of the molecule is O=[N+]([O-])c1cnccc1CC(Br)C1CC1. The molecule has 0 aromatic carbocycles. The van der Waals surface area contributed by atoms with Crippen LogP contribution in [0.15, 0.2) is 18.5 Å². The van der Waals surface area contributed by atoms with Gasteiger partial charge in [-0.2, -0.15) is 0 Å². The number of pyridine rings is 1. The Hall–Kier alpha value is -0.970. The average molecular weight is 271 g/mol. The molecule has 0 bridgehead atoms. The Bertz CT molecular complexity index is 379. The number of alkyl halides is 1. The summed E-state index contributed by atoms with van der Waals surface area (Å²) in [5, 5.41) is 10.7. The fraction of sp³-hybridized carbons (Fsp3) is 0.500. The first kappa shape index (κ1) is 10.5. The molecule has 1 aromatic rings. The first-order chi connectivity index (χ1) is 7.18. The van der Waals surface area contributed by atoms with Crippen molar-refractivity contribution in [3.05, 3.63) is 34.1 Å². The van der Waals surface area contributed by atoms with Gasteiger partial charge in [0.25, 0.3) is 5.69 Å². The van der Waals surface area contributed by atoms with Gasteiger partial charge in [-0.1, -0.05) is 15.9 Å². The Balaban J connectivity index is 2.15. The van der Waals surface area contributed by atoms with Gasteiger partial charge in [-0.25, -0.2) is 0 Å². The third-order valence-corrected chi connectivity index (χ3v) is 3.70. The topological polar surface area (TPSA) is 56.0 Å². The summed E-state index contributed by atoms with van der Waals surface area (Å²) in [6.45, 7) is 0. The van der Waals surface area contributed by atoms with Gasteiger partial charge in [0.1, 0.15) is 6.20 Å². The molecule has 0 saturated heterocycles. The molecule has 1 heterocycles. The minimum Gasteiger partial charge on any atom is -0.258 e. The van der Waals surface area contributed by atoms with Crippen molar-refractivity contribution in [2.24, 2.45) is 5.92 Å². The quantitative estimate of drug-likeness (QED) is 0.480. The maximum Gasteiger partial charge on any atom is 0.290 e. The van der Waals surface area contributed by atoms with Crippen molar-refractivity contribution in [1.29, 1.82) is 0 Å². The molecule has 15 heavy (non-hydrogen) atoms. The van der Waals surface area contributed by atoms with E-state index in [9.17, 15) is 10.1 Å². The van der Waals surface area contributed by atoms with E-state index >= 15 is 0 Å². The molecule has 0 radical (unpaired) electrons. The first-order valence-electron chi connectivity index (χ1n) is 4.90. The highest BCUT2D eigenvalue weighted by Crippen LogP contribution is 2.38. The van der Waals surface area contributed by atoms with Crippen LogP contribution in [0.25, 0.3) is 0 Å². The summed E-state index contributed by atoms with van der Waals surface area (Å²) < 4.78 is 0. The number of rotatable bonds is 4. The van der Waals surface area contributed by atoms with E-state index in [0.29, 0.717) is 17.2 Å². The highest BCUT2D eigenvalue weighted by molar-refractivity contribution is 9.09. The third kappa shape index (κ3) is 2.53. The molecule has 1 fully saturated rings. The molecule has 1 unspecified atom stereocenters. The Morgan fingerprint density at radius 2 is 2.40 bits per heavy atom. The normalized spacial score (nSPS) is 17.4. The molecule has 1 aliphatic carbocycles. The number of hydrogen-bond acceptors (Lipinski definition) is 3. The van der Waals surface area contributed by atoms with Gasteiger partial charge in [0.15, 0.2) is 0 Å². The van der Waals surface area contributed by atoms with Crippen LogP contribution in [-0.2, 0) is 6.42 Å². The average Bonchev–Trinajstić information content (AvgIpc) is 3.01. The second kappa shape index (κ2) is 4.26. The summed E-state index contributed by atoms with van der Waals surface area (Å²) in [7, 11) is 0. The van der Waals surface area contributed by atoms with E-state index in [1.54, 1.807) is 12.3 Å². The summed E-state index contributed by atoms with van der Waals surface area (Å²) >= 11 is 3.58. The van der Waals surface area contributed by atoms with Crippen LogP contribution < -0.4 is 0 Å². The van der Waals surface area contributed by atoms with Crippen LogP contribution in [0.3, 0.4) is 0 Å². The van der Waals surface area contributed by atoms with Crippen LogP contribution in [0.1, 0.15) is 18.4 Å². The van der Waals surface area contributed by atoms with Gasteiger partial charge in [0.2, 0.25) is 0 Å². The lowest BCUT2D eigenvalue weighted by molar-refractivity contribution is -0.385. The second-order valence-electron chi connectivity index (χ2n) is 3.82.